The van der Waals surface area contributed by atoms with Gasteiger partial charge in [-0.2, -0.15) is 15.0 Å². The summed E-state index contributed by atoms with van der Waals surface area (Å²) in [5.41, 5.74) is 5.89. The zero-order valence-electron chi connectivity index (χ0n) is 16.7. The number of nitrogens with zero attached hydrogens (tertiary/aromatic N) is 6. The third-order valence-corrected chi connectivity index (χ3v) is 7.33. The maximum absolute atomic E-state index is 4.85. The van der Waals surface area contributed by atoms with Crippen LogP contribution in [0.1, 0.15) is 25.7 Å². The number of aromatic nitrogens is 6. The highest BCUT2D eigenvalue weighted by molar-refractivity contribution is 9.11. The third-order valence-electron chi connectivity index (χ3n) is 5.28. The van der Waals surface area contributed by atoms with E-state index in [9.17, 15) is 0 Å². The minimum Gasteiger partial charge on any atom is -0.323 e. The predicted molar refractivity (Wildman–Crippen MR) is 132 cm³/mol. The number of rotatable bonds is 8. The topological polar surface area (TPSA) is 61.4 Å². The number of unbranched alkanes of at least 4 members (excludes halogenated alkanes) is 3. The number of fused-ring (bicyclic) bond motifs is 2. The summed E-state index contributed by atoms with van der Waals surface area (Å²) < 4.78 is 4.28. The molecule has 3 heterocycles. The molecule has 0 saturated heterocycles. The number of para-hydroxylation sites is 2. The smallest absolute Gasteiger partial charge is 0.152 e. The average Bonchev–Trinajstić information content (AvgIpc) is 3.52. The number of benzene rings is 2. The first-order chi connectivity index (χ1) is 15.2. The van der Waals surface area contributed by atoms with Crippen molar-refractivity contribution in [2.24, 2.45) is 0 Å². The van der Waals surface area contributed by atoms with Gasteiger partial charge in [0.2, 0.25) is 0 Å². The van der Waals surface area contributed by atoms with Crippen LogP contribution in [0.3, 0.4) is 0 Å². The van der Waals surface area contributed by atoms with Crippen molar-refractivity contribution in [1.29, 1.82) is 0 Å². The molecule has 0 fully saturated rings. The fourth-order valence-electron chi connectivity index (χ4n) is 3.77. The largest absolute Gasteiger partial charge is 0.323 e. The molecule has 0 atom stereocenters. The first-order valence-corrected chi connectivity index (χ1v) is 12.7. The number of hydrogen-bond donors (Lipinski definition) is 0. The van der Waals surface area contributed by atoms with Gasteiger partial charge < -0.3 is 4.57 Å². The van der Waals surface area contributed by atoms with Crippen molar-refractivity contribution >= 4 is 65.3 Å². The molecule has 0 spiro atoms. The van der Waals surface area contributed by atoms with Gasteiger partial charge in [-0.25, -0.2) is 4.98 Å². The predicted octanol–water partition coefficient (Wildman–Crippen LogP) is 6.69. The van der Waals surface area contributed by atoms with Crippen LogP contribution >= 0.6 is 43.2 Å². The molecular formula is C22H20Br2N6S. The third kappa shape index (κ3) is 4.31. The Morgan fingerprint density at radius 3 is 2.26 bits per heavy atom. The van der Waals surface area contributed by atoms with Crippen molar-refractivity contribution in [2.45, 2.75) is 38.8 Å². The summed E-state index contributed by atoms with van der Waals surface area (Å²) in [5.74, 6) is 1.02. The molecule has 3 aromatic heterocycles. The molecule has 0 saturated carbocycles. The lowest BCUT2D eigenvalue weighted by atomic mass is 10.2. The average molecular weight is 560 g/mol. The standard InChI is InChI=1S/C22H20Br2N6S/c23-15-9-10-16(24)21-20(15)27-30(28-21)12-6-2-1-5-11-29-18-8-4-3-7-17(18)26-22(29)19-13-25-14-31-19/h3-4,7-10,13-14H,1-2,5-6,11-12H2. The summed E-state index contributed by atoms with van der Waals surface area (Å²) >= 11 is 8.75. The molecule has 0 unspecified atom stereocenters. The van der Waals surface area contributed by atoms with E-state index in [1.54, 1.807) is 11.3 Å². The Morgan fingerprint density at radius 2 is 1.55 bits per heavy atom. The van der Waals surface area contributed by atoms with E-state index in [2.05, 4.69) is 69.8 Å². The molecule has 0 amide bonds. The number of imidazole rings is 1. The number of halogens is 2. The Hall–Kier alpha value is -2.10. The van der Waals surface area contributed by atoms with Gasteiger partial charge in [-0.15, -0.1) is 11.3 Å². The van der Waals surface area contributed by atoms with E-state index in [0.29, 0.717) is 0 Å². The van der Waals surface area contributed by atoms with Gasteiger partial charge in [0.15, 0.2) is 5.82 Å². The highest BCUT2D eigenvalue weighted by Gasteiger charge is 2.13. The zero-order valence-corrected chi connectivity index (χ0v) is 20.7. The van der Waals surface area contributed by atoms with Crippen LogP contribution in [-0.2, 0) is 13.1 Å². The molecule has 6 nitrogen and oxygen atoms in total. The Bertz CT molecular complexity index is 1290. The first kappa shape index (κ1) is 20.8. The Morgan fingerprint density at radius 1 is 0.839 bits per heavy atom. The molecule has 0 aliphatic rings. The van der Waals surface area contributed by atoms with Gasteiger partial charge in [0.05, 0.1) is 28.0 Å². The van der Waals surface area contributed by atoms with Gasteiger partial charge in [-0.3, -0.25) is 4.98 Å². The SMILES string of the molecule is Brc1ccc(Br)c2nn(CCCCCCn3c(-c4cncs4)nc4ccccc43)nc12. The number of thiazole rings is 1. The molecule has 0 aliphatic carbocycles. The van der Waals surface area contributed by atoms with Crippen molar-refractivity contribution < 1.29 is 0 Å². The molecule has 2 aromatic carbocycles. The lowest BCUT2D eigenvalue weighted by Crippen LogP contribution is -2.03. The van der Waals surface area contributed by atoms with Crippen molar-refractivity contribution in [3.63, 3.8) is 0 Å². The summed E-state index contributed by atoms with van der Waals surface area (Å²) in [6.45, 7) is 1.78. The molecule has 0 radical (unpaired) electrons. The van der Waals surface area contributed by atoms with Gasteiger partial charge in [0.25, 0.3) is 0 Å². The van der Waals surface area contributed by atoms with Crippen LogP contribution < -0.4 is 0 Å². The van der Waals surface area contributed by atoms with Crippen LogP contribution in [0, 0.1) is 0 Å². The molecule has 5 aromatic rings. The fourth-order valence-corrected chi connectivity index (χ4v) is 5.18. The highest BCUT2D eigenvalue weighted by Crippen LogP contribution is 2.29. The van der Waals surface area contributed by atoms with E-state index in [0.717, 1.165) is 75.0 Å². The van der Waals surface area contributed by atoms with E-state index >= 15 is 0 Å². The van der Waals surface area contributed by atoms with E-state index in [1.807, 2.05) is 34.7 Å². The van der Waals surface area contributed by atoms with E-state index in [4.69, 9.17) is 4.98 Å². The molecule has 0 aliphatic heterocycles. The Labute approximate surface area is 200 Å². The molecule has 9 heteroatoms. The maximum atomic E-state index is 4.85. The first-order valence-electron chi connectivity index (χ1n) is 10.2. The van der Waals surface area contributed by atoms with E-state index in [-0.39, 0.29) is 0 Å². The van der Waals surface area contributed by atoms with Crippen molar-refractivity contribution in [2.75, 3.05) is 0 Å². The molecule has 31 heavy (non-hydrogen) atoms. The molecule has 158 valence electrons. The van der Waals surface area contributed by atoms with Gasteiger partial charge in [0, 0.05) is 21.7 Å². The minimum absolute atomic E-state index is 0.827. The van der Waals surface area contributed by atoms with Crippen LogP contribution in [0.4, 0.5) is 0 Å². The van der Waals surface area contributed by atoms with Crippen LogP contribution in [-0.4, -0.2) is 29.5 Å². The number of hydrogen-bond acceptors (Lipinski definition) is 5. The fraction of sp³-hybridized carbons (Fsp3) is 0.273. The molecule has 0 bridgehead atoms. The normalized spacial score (nSPS) is 11.7. The summed E-state index contributed by atoms with van der Waals surface area (Å²) in [7, 11) is 0. The van der Waals surface area contributed by atoms with E-state index in [1.165, 1.54) is 5.52 Å². The molecule has 0 N–H and O–H groups in total. The second-order valence-electron chi connectivity index (χ2n) is 7.38. The molecular weight excluding hydrogens is 540 g/mol. The lowest BCUT2D eigenvalue weighted by Gasteiger charge is -2.08. The van der Waals surface area contributed by atoms with Crippen LogP contribution in [0.2, 0.25) is 0 Å². The Balaban J connectivity index is 1.19. The summed E-state index contributed by atoms with van der Waals surface area (Å²) in [5, 5.41) is 9.23. The molecule has 5 rings (SSSR count). The monoisotopic (exact) mass is 558 g/mol. The Kier molecular flexibility index (Phi) is 6.15. The maximum Gasteiger partial charge on any atom is 0.152 e. The van der Waals surface area contributed by atoms with Gasteiger partial charge in [-0.05, 0) is 69.0 Å². The van der Waals surface area contributed by atoms with E-state index < -0.39 is 0 Å². The number of aryl methyl sites for hydroxylation is 2. The summed E-state index contributed by atoms with van der Waals surface area (Å²) in [4.78, 5) is 12.0. The van der Waals surface area contributed by atoms with Gasteiger partial charge in [-0.1, -0.05) is 25.0 Å². The highest BCUT2D eigenvalue weighted by atomic mass is 79.9. The quantitative estimate of drug-likeness (QED) is 0.199. The van der Waals surface area contributed by atoms with Crippen molar-refractivity contribution in [3.05, 3.63) is 57.1 Å². The van der Waals surface area contributed by atoms with Gasteiger partial charge >= 0.3 is 0 Å². The van der Waals surface area contributed by atoms with Crippen molar-refractivity contribution in [1.82, 2.24) is 29.5 Å². The van der Waals surface area contributed by atoms with Crippen LogP contribution in [0.5, 0.6) is 0 Å². The summed E-state index contributed by atoms with van der Waals surface area (Å²) in [6.07, 6.45) is 6.37. The summed E-state index contributed by atoms with van der Waals surface area (Å²) in [6, 6.07) is 12.3. The van der Waals surface area contributed by atoms with Crippen molar-refractivity contribution in [3.8, 4) is 10.7 Å². The second-order valence-corrected chi connectivity index (χ2v) is 9.97. The second kappa shape index (κ2) is 9.18. The lowest BCUT2D eigenvalue weighted by molar-refractivity contribution is 0.484. The van der Waals surface area contributed by atoms with Crippen LogP contribution in [0.15, 0.2) is 57.1 Å². The minimum atomic E-state index is 0.827. The zero-order chi connectivity index (χ0) is 21.2. The van der Waals surface area contributed by atoms with Gasteiger partial charge in [0.1, 0.15) is 11.0 Å². The van der Waals surface area contributed by atoms with Crippen LogP contribution in [0.25, 0.3) is 32.8 Å².